The second-order valence-electron chi connectivity index (χ2n) is 3.91. The van der Waals surface area contributed by atoms with E-state index < -0.39 is 11.6 Å². The first-order valence-electron chi connectivity index (χ1n) is 5.78. The smallest absolute Gasteiger partial charge is 0.179 e. The standard InChI is InChI=1S/C13H17F2NO2/c1-3-16(6-7-18-2)9-13(17)11-5-4-10(14)8-12(11)15/h4-5,8H,3,6-7,9H2,1-2H3. The van der Waals surface area contributed by atoms with E-state index in [0.717, 1.165) is 12.1 Å². The zero-order chi connectivity index (χ0) is 13.5. The van der Waals surface area contributed by atoms with E-state index in [4.69, 9.17) is 4.74 Å². The maximum Gasteiger partial charge on any atom is 0.179 e. The second-order valence-corrected chi connectivity index (χ2v) is 3.91. The van der Waals surface area contributed by atoms with Gasteiger partial charge in [-0.3, -0.25) is 9.69 Å². The monoisotopic (exact) mass is 257 g/mol. The van der Waals surface area contributed by atoms with Gasteiger partial charge in [-0.2, -0.15) is 0 Å². The first-order valence-corrected chi connectivity index (χ1v) is 5.78. The number of methoxy groups -OCH3 is 1. The molecule has 0 aliphatic rings. The summed E-state index contributed by atoms with van der Waals surface area (Å²) in [6.07, 6.45) is 0. The summed E-state index contributed by atoms with van der Waals surface area (Å²) in [6, 6.07) is 2.98. The quantitative estimate of drug-likeness (QED) is 0.701. The van der Waals surface area contributed by atoms with Crippen LogP contribution in [0.3, 0.4) is 0 Å². The van der Waals surface area contributed by atoms with Crippen LogP contribution >= 0.6 is 0 Å². The molecule has 0 bridgehead atoms. The van der Waals surface area contributed by atoms with Gasteiger partial charge in [0.25, 0.3) is 0 Å². The fourth-order valence-electron chi connectivity index (χ4n) is 1.57. The Morgan fingerprint density at radius 2 is 2.11 bits per heavy atom. The Kier molecular flexibility index (Phi) is 5.88. The number of ether oxygens (including phenoxy) is 1. The Morgan fingerprint density at radius 1 is 1.39 bits per heavy atom. The lowest BCUT2D eigenvalue weighted by Crippen LogP contribution is -2.32. The summed E-state index contributed by atoms with van der Waals surface area (Å²) in [7, 11) is 1.58. The van der Waals surface area contributed by atoms with Gasteiger partial charge in [0.15, 0.2) is 5.78 Å². The molecule has 1 aromatic carbocycles. The highest BCUT2D eigenvalue weighted by Crippen LogP contribution is 2.10. The SMILES string of the molecule is CCN(CCOC)CC(=O)c1ccc(F)cc1F. The highest BCUT2D eigenvalue weighted by Gasteiger charge is 2.15. The molecule has 0 spiro atoms. The third-order valence-corrected chi connectivity index (χ3v) is 2.66. The Hall–Kier alpha value is -1.33. The molecule has 18 heavy (non-hydrogen) atoms. The normalized spacial score (nSPS) is 10.9. The number of halogens is 2. The molecule has 0 amide bonds. The molecular formula is C13H17F2NO2. The van der Waals surface area contributed by atoms with Crippen molar-refractivity contribution in [3.05, 3.63) is 35.4 Å². The fourth-order valence-corrected chi connectivity index (χ4v) is 1.57. The highest BCUT2D eigenvalue weighted by molar-refractivity contribution is 5.97. The highest BCUT2D eigenvalue weighted by atomic mass is 19.1. The maximum absolute atomic E-state index is 13.4. The van der Waals surface area contributed by atoms with Gasteiger partial charge < -0.3 is 4.74 Å². The van der Waals surface area contributed by atoms with Crippen LogP contribution in [0.1, 0.15) is 17.3 Å². The Balaban J connectivity index is 2.68. The molecule has 0 aromatic heterocycles. The zero-order valence-electron chi connectivity index (χ0n) is 10.6. The van der Waals surface area contributed by atoms with Gasteiger partial charge in [0.1, 0.15) is 11.6 Å². The molecule has 0 saturated carbocycles. The van der Waals surface area contributed by atoms with Gasteiger partial charge in [0.05, 0.1) is 18.7 Å². The molecule has 0 N–H and O–H groups in total. The molecule has 0 unspecified atom stereocenters. The molecule has 3 nitrogen and oxygen atoms in total. The summed E-state index contributed by atoms with van der Waals surface area (Å²) in [5.74, 6) is -1.86. The molecule has 5 heteroatoms. The van der Waals surface area contributed by atoms with Crippen molar-refractivity contribution in [1.29, 1.82) is 0 Å². The average Bonchev–Trinajstić information content (AvgIpc) is 2.34. The molecule has 100 valence electrons. The molecular weight excluding hydrogens is 240 g/mol. The second kappa shape index (κ2) is 7.18. The number of benzene rings is 1. The van der Waals surface area contributed by atoms with Crippen LogP contribution in [-0.4, -0.2) is 44.0 Å². The summed E-state index contributed by atoms with van der Waals surface area (Å²) >= 11 is 0. The predicted molar refractivity (Wildman–Crippen MR) is 64.7 cm³/mol. The number of Topliss-reactive ketones (excluding diaryl/α,β-unsaturated/α-hetero) is 1. The molecule has 0 aliphatic carbocycles. The zero-order valence-corrected chi connectivity index (χ0v) is 10.6. The topological polar surface area (TPSA) is 29.5 Å². The molecule has 0 aliphatic heterocycles. The predicted octanol–water partition coefficient (Wildman–Crippen LogP) is 2.12. The lowest BCUT2D eigenvalue weighted by molar-refractivity contribution is 0.0898. The summed E-state index contributed by atoms with van der Waals surface area (Å²) < 4.78 is 31.1. The van der Waals surface area contributed by atoms with Crippen molar-refractivity contribution in [3.63, 3.8) is 0 Å². The van der Waals surface area contributed by atoms with E-state index in [1.54, 1.807) is 7.11 Å². The van der Waals surface area contributed by atoms with Crippen LogP contribution in [-0.2, 0) is 4.74 Å². The molecule has 1 aromatic rings. The van der Waals surface area contributed by atoms with E-state index in [1.165, 1.54) is 6.07 Å². The van der Waals surface area contributed by atoms with Crippen molar-refractivity contribution in [1.82, 2.24) is 4.90 Å². The minimum absolute atomic E-state index is 0.0766. The molecule has 0 heterocycles. The first kappa shape index (κ1) is 14.7. The van der Waals surface area contributed by atoms with E-state index in [9.17, 15) is 13.6 Å². The van der Waals surface area contributed by atoms with Crippen molar-refractivity contribution in [2.24, 2.45) is 0 Å². The van der Waals surface area contributed by atoms with Crippen molar-refractivity contribution >= 4 is 5.78 Å². The summed E-state index contributed by atoms with van der Waals surface area (Å²) in [5, 5.41) is 0. The van der Waals surface area contributed by atoms with E-state index in [0.29, 0.717) is 19.7 Å². The first-order chi connectivity index (χ1) is 8.58. The van der Waals surface area contributed by atoms with E-state index in [1.807, 2.05) is 11.8 Å². The van der Waals surface area contributed by atoms with Crippen LogP contribution in [0.2, 0.25) is 0 Å². The molecule has 1 rings (SSSR count). The lowest BCUT2D eigenvalue weighted by atomic mass is 10.1. The van der Waals surface area contributed by atoms with Crippen molar-refractivity contribution in [3.8, 4) is 0 Å². The summed E-state index contributed by atoms with van der Waals surface area (Å²) in [6.45, 7) is 3.78. The fraction of sp³-hybridized carbons (Fsp3) is 0.462. The number of likely N-dealkylation sites (N-methyl/N-ethyl adjacent to an activating group) is 1. The lowest BCUT2D eigenvalue weighted by Gasteiger charge is -2.18. The maximum atomic E-state index is 13.4. The number of carbonyl (C=O) groups is 1. The van der Waals surface area contributed by atoms with E-state index >= 15 is 0 Å². The third-order valence-electron chi connectivity index (χ3n) is 2.66. The number of rotatable bonds is 7. The van der Waals surface area contributed by atoms with Gasteiger partial charge >= 0.3 is 0 Å². The summed E-state index contributed by atoms with van der Waals surface area (Å²) in [5.41, 5.74) is -0.0766. The van der Waals surface area contributed by atoms with Crippen molar-refractivity contribution in [2.75, 3.05) is 33.4 Å². The third kappa shape index (κ3) is 4.16. The van der Waals surface area contributed by atoms with Crippen LogP contribution in [0.4, 0.5) is 8.78 Å². The van der Waals surface area contributed by atoms with Crippen LogP contribution in [0.25, 0.3) is 0 Å². The van der Waals surface area contributed by atoms with Crippen LogP contribution in [0, 0.1) is 11.6 Å². The van der Waals surface area contributed by atoms with E-state index in [2.05, 4.69) is 0 Å². The minimum atomic E-state index is -0.817. The van der Waals surface area contributed by atoms with Gasteiger partial charge in [-0.1, -0.05) is 6.92 Å². The van der Waals surface area contributed by atoms with Crippen LogP contribution in [0.5, 0.6) is 0 Å². The number of ketones is 1. The van der Waals surface area contributed by atoms with E-state index in [-0.39, 0.29) is 17.9 Å². The van der Waals surface area contributed by atoms with Crippen molar-refractivity contribution in [2.45, 2.75) is 6.92 Å². The van der Waals surface area contributed by atoms with Gasteiger partial charge in [-0.05, 0) is 18.7 Å². The molecule has 0 radical (unpaired) electrons. The minimum Gasteiger partial charge on any atom is -0.383 e. The van der Waals surface area contributed by atoms with Crippen LogP contribution in [0.15, 0.2) is 18.2 Å². The number of hydrogen-bond donors (Lipinski definition) is 0. The molecule has 0 fully saturated rings. The summed E-state index contributed by atoms with van der Waals surface area (Å²) in [4.78, 5) is 13.7. The number of hydrogen-bond acceptors (Lipinski definition) is 3. The molecule has 0 atom stereocenters. The van der Waals surface area contributed by atoms with Gasteiger partial charge in [-0.15, -0.1) is 0 Å². The Bertz CT molecular complexity index is 410. The Morgan fingerprint density at radius 3 is 2.67 bits per heavy atom. The molecule has 0 saturated heterocycles. The van der Waals surface area contributed by atoms with Gasteiger partial charge in [0, 0.05) is 19.7 Å². The largest absolute Gasteiger partial charge is 0.383 e. The van der Waals surface area contributed by atoms with Gasteiger partial charge in [-0.25, -0.2) is 8.78 Å². The van der Waals surface area contributed by atoms with Gasteiger partial charge in [0.2, 0.25) is 0 Å². The van der Waals surface area contributed by atoms with Crippen LogP contribution < -0.4 is 0 Å². The number of nitrogens with zero attached hydrogens (tertiary/aromatic N) is 1. The number of carbonyl (C=O) groups excluding carboxylic acids is 1. The Labute approximate surface area is 105 Å². The van der Waals surface area contributed by atoms with Crippen molar-refractivity contribution < 1.29 is 18.3 Å². The average molecular weight is 257 g/mol.